The molecule has 6 atom stereocenters. The van der Waals surface area contributed by atoms with E-state index < -0.39 is 10.0 Å². The first-order chi connectivity index (χ1) is 12.2. The Morgan fingerprint density at radius 1 is 1.27 bits per heavy atom. The van der Waals surface area contributed by atoms with Crippen LogP contribution >= 0.6 is 0 Å². The second-order valence-electron chi connectivity index (χ2n) is 9.04. The van der Waals surface area contributed by atoms with Gasteiger partial charge in [0.15, 0.2) is 0 Å². The Balaban J connectivity index is 1.62. The number of hydrogen-bond acceptors (Lipinski definition) is 3. The number of hydrogen-bond donors (Lipinski definition) is 2. The number of nitrogens with one attached hydrogen (secondary N) is 1. The van der Waals surface area contributed by atoms with E-state index in [2.05, 4.69) is 30.7 Å². The van der Waals surface area contributed by atoms with Gasteiger partial charge in [0, 0.05) is 12.0 Å². The van der Waals surface area contributed by atoms with E-state index >= 15 is 0 Å². The molecule has 0 unspecified atom stereocenters. The van der Waals surface area contributed by atoms with E-state index in [1.165, 1.54) is 11.8 Å². The molecule has 0 amide bonds. The van der Waals surface area contributed by atoms with Crippen molar-refractivity contribution in [1.82, 2.24) is 4.72 Å². The molecule has 0 saturated heterocycles. The van der Waals surface area contributed by atoms with Gasteiger partial charge in [0.05, 0.1) is 6.26 Å². The Kier molecular flexibility index (Phi) is 4.39. The maximum absolute atomic E-state index is 11.8. The van der Waals surface area contributed by atoms with Crippen molar-refractivity contribution < 1.29 is 13.5 Å². The number of aliphatic hydroxyl groups excluding tert-OH is 1. The molecule has 0 aromatic heterocycles. The fourth-order valence-electron chi connectivity index (χ4n) is 6.44. The van der Waals surface area contributed by atoms with Gasteiger partial charge in [-0.1, -0.05) is 26.0 Å². The molecular formula is C21H31NO3S. The fourth-order valence-corrected chi connectivity index (χ4v) is 7.34. The maximum atomic E-state index is 11.8. The molecule has 4 aliphatic carbocycles. The minimum atomic E-state index is -3.17. The molecule has 0 aliphatic heterocycles. The summed E-state index contributed by atoms with van der Waals surface area (Å²) in [5.74, 6) is 2.68. The van der Waals surface area contributed by atoms with Crippen molar-refractivity contribution in [2.75, 3.05) is 6.26 Å². The third-order valence-electron chi connectivity index (χ3n) is 7.71. The number of sulfonamides is 1. The van der Waals surface area contributed by atoms with Crippen molar-refractivity contribution in [2.45, 2.75) is 58.4 Å². The lowest BCUT2D eigenvalue weighted by Crippen LogP contribution is -2.51. The smallest absolute Gasteiger partial charge is 0.208 e. The van der Waals surface area contributed by atoms with E-state index in [4.69, 9.17) is 0 Å². The summed E-state index contributed by atoms with van der Waals surface area (Å²) >= 11 is 0. The first-order valence-electron chi connectivity index (χ1n) is 10.0. The molecule has 0 aromatic carbocycles. The number of allylic oxidation sites excluding steroid dienone is 5. The van der Waals surface area contributed by atoms with Crippen LogP contribution in [0.2, 0.25) is 0 Å². The van der Waals surface area contributed by atoms with Crippen LogP contribution in [0.15, 0.2) is 35.1 Å². The standard InChI is InChI=1S/C21H31NO3S/c1-4-13-11-17-14(12-19(13)23)5-6-16-15(17)9-10-21(2)18(16)7-8-20(21)22-26(3,24)25/h5,11-12,15-18,20,22-23H,4,6-10H2,1-3H3/t15-,16+,17-,18-,20-,21-/m0/s1. The van der Waals surface area contributed by atoms with Crippen molar-refractivity contribution >= 4 is 10.0 Å². The van der Waals surface area contributed by atoms with Gasteiger partial charge >= 0.3 is 0 Å². The van der Waals surface area contributed by atoms with Crippen molar-refractivity contribution in [1.29, 1.82) is 0 Å². The zero-order valence-corrected chi connectivity index (χ0v) is 16.8. The first kappa shape index (κ1) is 18.3. The lowest BCUT2D eigenvalue weighted by molar-refractivity contribution is 0.0137. The van der Waals surface area contributed by atoms with Crippen LogP contribution in [0.4, 0.5) is 0 Å². The molecule has 5 heteroatoms. The van der Waals surface area contributed by atoms with Gasteiger partial charge in [0.1, 0.15) is 5.76 Å². The summed E-state index contributed by atoms with van der Waals surface area (Å²) in [6, 6.07) is 0.0749. The van der Waals surface area contributed by atoms with E-state index in [0.29, 0.717) is 29.4 Å². The van der Waals surface area contributed by atoms with Gasteiger partial charge in [-0.25, -0.2) is 13.1 Å². The summed E-state index contributed by atoms with van der Waals surface area (Å²) in [6.45, 7) is 4.41. The van der Waals surface area contributed by atoms with Crippen molar-refractivity contribution in [3.63, 3.8) is 0 Å². The molecule has 2 saturated carbocycles. The summed E-state index contributed by atoms with van der Waals surface area (Å²) in [7, 11) is -3.17. The Morgan fingerprint density at radius 3 is 2.73 bits per heavy atom. The van der Waals surface area contributed by atoms with Gasteiger partial charge in [-0.05, 0) is 78.9 Å². The second kappa shape index (κ2) is 6.23. The number of rotatable bonds is 3. The maximum Gasteiger partial charge on any atom is 0.208 e. The van der Waals surface area contributed by atoms with Crippen LogP contribution in [0, 0.1) is 29.1 Å². The molecule has 0 heterocycles. The summed E-state index contributed by atoms with van der Waals surface area (Å²) in [6.07, 6.45) is 14.1. The molecule has 4 aliphatic rings. The van der Waals surface area contributed by atoms with E-state index in [1.54, 1.807) is 0 Å². The monoisotopic (exact) mass is 377 g/mol. The summed E-state index contributed by atoms with van der Waals surface area (Å²) in [5.41, 5.74) is 2.43. The SMILES string of the molecule is CCC1=C[C@H]2C(=CC[C@@H]3[C@@H]2CC[C@]2(C)[C@@H](NS(C)(=O)=O)CC[C@@H]32)C=C1O. The summed E-state index contributed by atoms with van der Waals surface area (Å²) in [4.78, 5) is 0. The predicted octanol–water partition coefficient (Wildman–Crippen LogP) is 4.08. The largest absolute Gasteiger partial charge is 0.508 e. The van der Waals surface area contributed by atoms with Gasteiger partial charge in [-0.3, -0.25) is 0 Å². The molecule has 2 fully saturated rings. The molecule has 2 N–H and O–H groups in total. The van der Waals surface area contributed by atoms with Gasteiger partial charge in [-0.15, -0.1) is 0 Å². The quantitative estimate of drug-likeness (QED) is 0.779. The molecule has 144 valence electrons. The molecule has 4 rings (SSSR count). The minimum absolute atomic E-state index is 0.0690. The summed E-state index contributed by atoms with van der Waals surface area (Å²) in [5, 5.41) is 10.2. The highest BCUT2D eigenvalue weighted by atomic mass is 32.2. The molecule has 26 heavy (non-hydrogen) atoms. The first-order valence-corrected chi connectivity index (χ1v) is 11.9. The van der Waals surface area contributed by atoms with Gasteiger partial charge in [0.25, 0.3) is 0 Å². The number of aliphatic hydroxyl groups is 1. The minimum Gasteiger partial charge on any atom is -0.508 e. The average molecular weight is 378 g/mol. The predicted molar refractivity (Wildman–Crippen MR) is 104 cm³/mol. The highest BCUT2D eigenvalue weighted by Crippen LogP contribution is 2.60. The van der Waals surface area contributed by atoms with Gasteiger partial charge in [0.2, 0.25) is 10.0 Å². The zero-order valence-electron chi connectivity index (χ0n) is 16.0. The third kappa shape index (κ3) is 2.88. The summed E-state index contributed by atoms with van der Waals surface area (Å²) < 4.78 is 26.6. The van der Waals surface area contributed by atoms with E-state index in [1.807, 2.05) is 6.08 Å². The third-order valence-corrected chi connectivity index (χ3v) is 8.43. The zero-order chi connectivity index (χ0) is 18.7. The fraction of sp³-hybridized carbons (Fsp3) is 0.714. The van der Waals surface area contributed by atoms with Crippen LogP contribution in [0.5, 0.6) is 0 Å². The lowest BCUT2D eigenvalue weighted by atomic mass is 9.53. The molecular weight excluding hydrogens is 346 g/mol. The highest BCUT2D eigenvalue weighted by Gasteiger charge is 2.56. The van der Waals surface area contributed by atoms with Crippen LogP contribution in [-0.2, 0) is 10.0 Å². The van der Waals surface area contributed by atoms with E-state index in [-0.39, 0.29) is 11.5 Å². The van der Waals surface area contributed by atoms with Crippen LogP contribution in [-0.4, -0.2) is 25.8 Å². The van der Waals surface area contributed by atoms with Crippen molar-refractivity contribution in [3.8, 4) is 0 Å². The number of fused-ring (bicyclic) bond motifs is 5. The Morgan fingerprint density at radius 2 is 2.04 bits per heavy atom. The van der Waals surface area contributed by atoms with Crippen molar-refractivity contribution in [3.05, 3.63) is 35.1 Å². The lowest BCUT2D eigenvalue weighted by Gasteiger charge is -2.52. The Labute approximate surface area is 157 Å². The Bertz CT molecular complexity index is 794. The van der Waals surface area contributed by atoms with Crippen LogP contribution in [0.25, 0.3) is 0 Å². The molecule has 0 radical (unpaired) electrons. The average Bonchev–Trinajstić information content (AvgIpc) is 2.89. The van der Waals surface area contributed by atoms with Gasteiger partial charge < -0.3 is 5.11 Å². The van der Waals surface area contributed by atoms with E-state index in [0.717, 1.165) is 44.1 Å². The van der Waals surface area contributed by atoms with Crippen LogP contribution in [0.1, 0.15) is 52.4 Å². The molecule has 0 bridgehead atoms. The van der Waals surface area contributed by atoms with Crippen molar-refractivity contribution in [2.24, 2.45) is 29.1 Å². The topological polar surface area (TPSA) is 66.4 Å². The normalized spacial score (nSPS) is 42.1. The highest BCUT2D eigenvalue weighted by molar-refractivity contribution is 7.88. The van der Waals surface area contributed by atoms with Crippen LogP contribution < -0.4 is 4.72 Å². The second-order valence-corrected chi connectivity index (χ2v) is 10.8. The van der Waals surface area contributed by atoms with E-state index in [9.17, 15) is 13.5 Å². The molecule has 4 nitrogen and oxygen atoms in total. The van der Waals surface area contributed by atoms with Gasteiger partial charge in [-0.2, -0.15) is 0 Å². The molecule has 0 spiro atoms. The van der Waals surface area contributed by atoms with Crippen LogP contribution in [0.3, 0.4) is 0 Å². The Hall–Kier alpha value is -1.07. The molecule has 0 aromatic rings.